The molecule has 0 spiro atoms. The Morgan fingerprint density at radius 3 is 2.59 bits per heavy atom. The van der Waals surface area contributed by atoms with Gasteiger partial charge in [0, 0.05) is 36.0 Å². The molecule has 3 aromatic rings. The summed E-state index contributed by atoms with van der Waals surface area (Å²) in [6, 6.07) is 7.61. The molecule has 4 rings (SSSR count). The molecule has 1 aliphatic rings. The molecule has 1 aromatic carbocycles. The Bertz CT molecular complexity index is 1130. The zero-order chi connectivity index (χ0) is 20.8. The molecule has 0 bridgehead atoms. The summed E-state index contributed by atoms with van der Waals surface area (Å²) in [5.74, 6) is -0.102. The van der Waals surface area contributed by atoms with Gasteiger partial charge in [-0.05, 0) is 69.9 Å². The largest absolute Gasteiger partial charge is 0.328 e. The minimum absolute atomic E-state index is 0.102. The summed E-state index contributed by atoms with van der Waals surface area (Å²) in [6.45, 7) is 9.72. The van der Waals surface area contributed by atoms with Gasteiger partial charge in [0.1, 0.15) is 0 Å². The standard InChI is InChI=1S/C22H27N5O2/c1-14-7-8-15(20(28)25-26-9-5-6-10-26)11-17(14)16-12-18-19(23-13-16)27(21(29)24-18)22(2,3)4/h7-8,11-13H,5-6,9-10H2,1-4H3,(H,24,29)(H,25,28). The van der Waals surface area contributed by atoms with Crippen LogP contribution in [0.4, 0.5) is 0 Å². The lowest BCUT2D eigenvalue weighted by Crippen LogP contribution is -2.39. The molecule has 29 heavy (non-hydrogen) atoms. The Balaban J connectivity index is 1.71. The second kappa shape index (κ2) is 7.15. The average molecular weight is 393 g/mol. The molecule has 1 fully saturated rings. The van der Waals surface area contributed by atoms with E-state index in [0.29, 0.717) is 16.7 Å². The van der Waals surface area contributed by atoms with Crippen molar-refractivity contribution < 1.29 is 4.79 Å². The van der Waals surface area contributed by atoms with Gasteiger partial charge in [-0.1, -0.05) is 6.07 Å². The highest BCUT2D eigenvalue weighted by molar-refractivity contribution is 5.95. The van der Waals surface area contributed by atoms with E-state index in [2.05, 4.69) is 15.4 Å². The SMILES string of the molecule is Cc1ccc(C(=O)NN2CCCC2)cc1-c1cnc2c(c1)[nH]c(=O)n2C(C)(C)C. The smallest absolute Gasteiger partial charge is 0.304 e. The van der Waals surface area contributed by atoms with Gasteiger partial charge in [0.15, 0.2) is 5.65 Å². The first-order chi connectivity index (χ1) is 13.7. The van der Waals surface area contributed by atoms with Gasteiger partial charge >= 0.3 is 5.69 Å². The molecule has 1 aliphatic heterocycles. The number of carbonyl (C=O) groups excluding carboxylic acids is 1. The molecule has 0 saturated carbocycles. The normalized spacial score (nSPS) is 15.2. The molecule has 0 aliphatic carbocycles. The molecular weight excluding hydrogens is 366 g/mol. The van der Waals surface area contributed by atoms with Gasteiger partial charge < -0.3 is 4.98 Å². The van der Waals surface area contributed by atoms with E-state index in [1.165, 1.54) is 0 Å². The number of carbonyl (C=O) groups is 1. The number of pyridine rings is 1. The van der Waals surface area contributed by atoms with Crippen LogP contribution in [-0.4, -0.2) is 38.5 Å². The summed E-state index contributed by atoms with van der Waals surface area (Å²) in [5, 5.41) is 1.97. The van der Waals surface area contributed by atoms with E-state index >= 15 is 0 Å². The lowest BCUT2D eigenvalue weighted by Gasteiger charge is -2.20. The van der Waals surface area contributed by atoms with Gasteiger partial charge in [-0.3, -0.25) is 14.8 Å². The van der Waals surface area contributed by atoms with E-state index in [1.807, 2.05) is 57.0 Å². The maximum atomic E-state index is 12.6. The fourth-order valence-corrected chi connectivity index (χ4v) is 3.88. The first-order valence-electron chi connectivity index (χ1n) is 10.0. The fourth-order valence-electron chi connectivity index (χ4n) is 3.88. The number of nitrogens with one attached hydrogen (secondary N) is 2. The second-order valence-corrected chi connectivity index (χ2v) is 8.70. The van der Waals surface area contributed by atoms with Crippen LogP contribution in [0.3, 0.4) is 0 Å². The molecule has 1 amide bonds. The van der Waals surface area contributed by atoms with E-state index in [-0.39, 0.29) is 17.1 Å². The van der Waals surface area contributed by atoms with Crippen LogP contribution in [-0.2, 0) is 5.54 Å². The topological polar surface area (TPSA) is 83.0 Å². The van der Waals surface area contributed by atoms with Crippen LogP contribution >= 0.6 is 0 Å². The summed E-state index contributed by atoms with van der Waals surface area (Å²) >= 11 is 0. The average Bonchev–Trinajstić information content (AvgIpc) is 3.27. The van der Waals surface area contributed by atoms with E-state index in [9.17, 15) is 9.59 Å². The van der Waals surface area contributed by atoms with Crippen LogP contribution in [0.1, 0.15) is 49.5 Å². The van der Waals surface area contributed by atoms with Gasteiger partial charge in [0.05, 0.1) is 5.52 Å². The number of amides is 1. The van der Waals surface area contributed by atoms with Crippen LogP contribution in [0.15, 0.2) is 35.3 Å². The molecule has 152 valence electrons. The number of benzene rings is 1. The van der Waals surface area contributed by atoms with Crippen molar-refractivity contribution in [1.82, 2.24) is 25.0 Å². The Labute approximate surface area is 169 Å². The number of aromatic amines is 1. The third-order valence-electron chi connectivity index (χ3n) is 5.37. The first-order valence-corrected chi connectivity index (χ1v) is 10.0. The quantitative estimate of drug-likeness (QED) is 0.716. The third-order valence-corrected chi connectivity index (χ3v) is 5.37. The summed E-state index contributed by atoms with van der Waals surface area (Å²) in [6.07, 6.45) is 3.98. The third kappa shape index (κ3) is 3.70. The number of hydrogen-bond acceptors (Lipinski definition) is 4. The summed E-state index contributed by atoms with van der Waals surface area (Å²) in [7, 11) is 0. The zero-order valence-electron chi connectivity index (χ0n) is 17.4. The molecule has 7 heteroatoms. The van der Waals surface area contributed by atoms with Gasteiger partial charge in [-0.25, -0.2) is 14.8 Å². The van der Waals surface area contributed by atoms with E-state index < -0.39 is 0 Å². The minimum atomic E-state index is -0.368. The second-order valence-electron chi connectivity index (χ2n) is 8.70. The molecule has 0 unspecified atom stereocenters. The minimum Gasteiger partial charge on any atom is -0.304 e. The van der Waals surface area contributed by atoms with Crippen molar-refractivity contribution in [1.29, 1.82) is 0 Å². The molecular formula is C22H27N5O2. The zero-order valence-corrected chi connectivity index (χ0v) is 17.4. The lowest BCUT2D eigenvalue weighted by atomic mass is 9.99. The van der Waals surface area contributed by atoms with Crippen LogP contribution in [0, 0.1) is 6.92 Å². The number of hydrogen-bond donors (Lipinski definition) is 2. The van der Waals surface area contributed by atoms with Crippen molar-refractivity contribution in [2.24, 2.45) is 0 Å². The van der Waals surface area contributed by atoms with Crippen molar-refractivity contribution in [3.8, 4) is 11.1 Å². The molecule has 7 nitrogen and oxygen atoms in total. The van der Waals surface area contributed by atoms with Crippen molar-refractivity contribution >= 4 is 17.1 Å². The molecule has 2 aromatic heterocycles. The first kappa shape index (κ1) is 19.4. The number of imidazole rings is 1. The summed E-state index contributed by atoms with van der Waals surface area (Å²) in [4.78, 5) is 32.5. The van der Waals surface area contributed by atoms with Gasteiger partial charge in [0.25, 0.3) is 5.91 Å². The van der Waals surface area contributed by atoms with Crippen molar-refractivity contribution in [2.75, 3.05) is 13.1 Å². The van der Waals surface area contributed by atoms with Crippen LogP contribution in [0.5, 0.6) is 0 Å². The van der Waals surface area contributed by atoms with Gasteiger partial charge in [0.2, 0.25) is 0 Å². The molecule has 2 N–H and O–H groups in total. The number of aryl methyl sites for hydroxylation is 1. The number of H-pyrrole nitrogens is 1. The van der Waals surface area contributed by atoms with Gasteiger partial charge in [-0.2, -0.15) is 0 Å². The Morgan fingerprint density at radius 1 is 1.17 bits per heavy atom. The Morgan fingerprint density at radius 2 is 1.90 bits per heavy atom. The maximum Gasteiger partial charge on any atom is 0.328 e. The molecule has 1 saturated heterocycles. The molecule has 0 radical (unpaired) electrons. The lowest BCUT2D eigenvalue weighted by molar-refractivity contribution is 0.0826. The Kier molecular flexibility index (Phi) is 4.78. The van der Waals surface area contributed by atoms with Crippen LogP contribution < -0.4 is 11.1 Å². The van der Waals surface area contributed by atoms with Gasteiger partial charge in [-0.15, -0.1) is 0 Å². The van der Waals surface area contributed by atoms with Crippen molar-refractivity contribution in [3.05, 3.63) is 52.1 Å². The number of hydrazine groups is 1. The number of rotatable bonds is 3. The van der Waals surface area contributed by atoms with Crippen LogP contribution in [0.2, 0.25) is 0 Å². The Hall–Kier alpha value is -2.93. The highest BCUT2D eigenvalue weighted by Gasteiger charge is 2.21. The number of aromatic nitrogens is 3. The molecule has 3 heterocycles. The van der Waals surface area contributed by atoms with Crippen LogP contribution in [0.25, 0.3) is 22.3 Å². The highest BCUT2D eigenvalue weighted by Crippen LogP contribution is 2.27. The van der Waals surface area contributed by atoms with Crippen molar-refractivity contribution in [2.45, 2.75) is 46.1 Å². The fraction of sp³-hybridized carbons (Fsp3) is 0.409. The number of fused-ring (bicyclic) bond motifs is 1. The highest BCUT2D eigenvalue weighted by atomic mass is 16.2. The van der Waals surface area contributed by atoms with Crippen molar-refractivity contribution in [3.63, 3.8) is 0 Å². The summed E-state index contributed by atoms with van der Waals surface area (Å²) < 4.78 is 1.67. The predicted octanol–water partition coefficient (Wildman–Crippen LogP) is 3.20. The monoisotopic (exact) mass is 393 g/mol. The summed E-state index contributed by atoms with van der Waals surface area (Å²) in [5.41, 5.74) is 7.21. The molecule has 0 atom stereocenters. The maximum absolute atomic E-state index is 12.6. The van der Waals surface area contributed by atoms with E-state index in [0.717, 1.165) is 42.6 Å². The predicted molar refractivity (Wildman–Crippen MR) is 114 cm³/mol. The van der Waals surface area contributed by atoms with E-state index in [4.69, 9.17) is 0 Å². The van der Waals surface area contributed by atoms with E-state index in [1.54, 1.807) is 10.8 Å². The number of nitrogens with zero attached hydrogens (tertiary/aromatic N) is 3.